The second-order valence-corrected chi connectivity index (χ2v) is 9.21. The van der Waals surface area contributed by atoms with Gasteiger partial charge in [-0.3, -0.25) is 9.10 Å². The summed E-state index contributed by atoms with van der Waals surface area (Å²) in [4.78, 5) is 12.7. The molecule has 1 heterocycles. The van der Waals surface area contributed by atoms with Crippen molar-refractivity contribution in [1.29, 1.82) is 0 Å². The first-order valence-electron chi connectivity index (χ1n) is 9.31. The van der Waals surface area contributed by atoms with Crippen molar-refractivity contribution in [2.24, 2.45) is 0 Å². The van der Waals surface area contributed by atoms with Gasteiger partial charge in [0, 0.05) is 11.8 Å². The maximum absolute atomic E-state index is 13.4. The van der Waals surface area contributed by atoms with Gasteiger partial charge in [0.2, 0.25) is 5.78 Å². The Morgan fingerprint density at radius 1 is 0.967 bits per heavy atom. The molecule has 0 atom stereocenters. The zero-order valence-corrected chi connectivity index (χ0v) is 17.7. The third kappa shape index (κ3) is 3.72. The summed E-state index contributed by atoms with van der Waals surface area (Å²) in [6.45, 7) is 2.09. The average Bonchev–Trinajstić information content (AvgIpc) is 2.73. The number of allylic oxidation sites excluding steroid dienone is 1. The third-order valence-electron chi connectivity index (χ3n) is 4.89. The lowest BCUT2D eigenvalue weighted by Gasteiger charge is -2.31. The second-order valence-electron chi connectivity index (χ2n) is 6.98. The van der Waals surface area contributed by atoms with Crippen LogP contribution in [0.25, 0.3) is 0 Å². The van der Waals surface area contributed by atoms with Crippen LogP contribution in [0.3, 0.4) is 0 Å². The van der Waals surface area contributed by atoms with Crippen molar-refractivity contribution in [3.05, 3.63) is 106 Å². The quantitative estimate of drug-likeness (QED) is 0.573. The van der Waals surface area contributed by atoms with Crippen LogP contribution in [-0.2, 0) is 16.6 Å². The van der Waals surface area contributed by atoms with E-state index in [1.54, 1.807) is 48.5 Å². The largest absolute Gasteiger partial charge is 0.359 e. The van der Waals surface area contributed by atoms with Gasteiger partial charge in [-0.05, 0) is 36.8 Å². The van der Waals surface area contributed by atoms with Gasteiger partial charge < -0.3 is 5.32 Å². The van der Waals surface area contributed by atoms with Gasteiger partial charge in [-0.25, -0.2) is 8.42 Å². The third-order valence-corrected chi connectivity index (χ3v) is 6.98. The monoisotopic (exact) mass is 438 g/mol. The van der Waals surface area contributed by atoms with Crippen molar-refractivity contribution in [3.63, 3.8) is 0 Å². The SMILES string of the molecule is Cc1ccc(CN2c3ccccc3C(=O)C(=CNc3ccccc3Cl)S2(=O)=O)cc1. The Balaban J connectivity index is 1.79. The number of para-hydroxylation sites is 2. The van der Waals surface area contributed by atoms with Gasteiger partial charge >= 0.3 is 0 Å². The van der Waals surface area contributed by atoms with Crippen LogP contribution in [0.15, 0.2) is 83.9 Å². The summed E-state index contributed by atoms with van der Waals surface area (Å²) < 4.78 is 28.1. The summed E-state index contributed by atoms with van der Waals surface area (Å²) in [7, 11) is -4.08. The van der Waals surface area contributed by atoms with Crippen molar-refractivity contribution < 1.29 is 13.2 Å². The number of ketones is 1. The summed E-state index contributed by atoms with van der Waals surface area (Å²) in [5, 5.41) is 3.29. The Kier molecular flexibility index (Phi) is 5.37. The zero-order chi connectivity index (χ0) is 21.3. The molecule has 3 aromatic carbocycles. The average molecular weight is 439 g/mol. The predicted octanol–water partition coefficient (Wildman–Crippen LogP) is 5.13. The molecule has 7 heteroatoms. The topological polar surface area (TPSA) is 66.5 Å². The van der Waals surface area contributed by atoms with Gasteiger partial charge in [0.05, 0.1) is 22.9 Å². The van der Waals surface area contributed by atoms with E-state index < -0.39 is 15.8 Å². The highest BCUT2D eigenvalue weighted by atomic mass is 35.5. The van der Waals surface area contributed by atoms with Gasteiger partial charge in [0.15, 0.2) is 4.91 Å². The number of nitrogens with one attached hydrogen (secondary N) is 1. The molecule has 5 nitrogen and oxygen atoms in total. The van der Waals surface area contributed by atoms with Crippen molar-refractivity contribution in [1.82, 2.24) is 0 Å². The minimum Gasteiger partial charge on any atom is -0.359 e. The Hall–Kier alpha value is -3.09. The maximum atomic E-state index is 13.4. The van der Waals surface area contributed by atoms with E-state index in [1.807, 2.05) is 31.2 Å². The molecule has 0 unspecified atom stereocenters. The maximum Gasteiger partial charge on any atom is 0.270 e. The Bertz CT molecular complexity index is 1250. The molecule has 3 aromatic rings. The summed E-state index contributed by atoms with van der Waals surface area (Å²) in [5.74, 6) is -0.551. The zero-order valence-electron chi connectivity index (χ0n) is 16.2. The molecule has 0 amide bonds. The van der Waals surface area contributed by atoms with Crippen LogP contribution in [0.5, 0.6) is 0 Å². The van der Waals surface area contributed by atoms with Gasteiger partial charge in [-0.2, -0.15) is 0 Å². The number of benzene rings is 3. The highest BCUT2D eigenvalue weighted by Gasteiger charge is 2.40. The first-order chi connectivity index (χ1) is 14.4. The van der Waals surface area contributed by atoms with E-state index in [0.29, 0.717) is 22.0 Å². The number of aryl methyl sites for hydroxylation is 1. The number of carbonyl (C=O) groups excluding carboxylic acids is 1. The Labute approximate surface area is 180 Å². The minimum atomic E-state index is -4.08. The van der Waals surface area contributed by atoms with Crippen LogP contribution in [0, 0.1) is 6.92 Å². The van der Waals surface area contributed by atoms with Crippen LogP contribution in [0.2, 0.25) is 5.02 Å². The van der Waals surface area contributed by atoms with Crippen LogP contribution < -0.4 is 9.62 Å². The number of carbonyl (C=O) groups is 1. The molecule has 30 heavy (non-hydrogen) atoms. The Morgan fingerprint density at radius 2 is 1.63 bits per heavy atom. The molecule has 0 saturated carbocycles. The molecule has 0 fully saturated rings. The number of halogens is 1. The molecule has 4 rings (SSSR count). The molecular weight excluding hydrogens is 420 g/mol. The van der Waals surface area contributed by atoms with Gasteiger partial charge in [-0.1, -0.05) is 65.7 Å². The molecule has 152 valence electrons. The lowest BCUT2D eigenvalue weighted by atomic mass is 10.1. The van der Waals surface area contributed by atoms with Crippen molar-refractivity contribution in [3.8, 4) is 0 Å². The molecule has 1 aliphatic heterocycles. The summed E-state index contributed by atoms with van der Waals surface area (Å²) in [5.41, 5.74) is 3.13. The van der Waals surface area contributed by atoms with Crippen LogP contribution >= 0.6 is 11.6 Å². The van der Waals surface area contributed by atoms with Crippen LogP contribution in [-0.4, -0.2) is 14.2 Å². The number of rotatable bonds is 4. The number of Topliss-reactive ketones (excluding diaryl/α,β-unsaturated/α-hetero) is 1. The summed E-state index contributed by atoms with van der Waals surface area (Å²) >= 11 is 6.14. The lowest BCUT2D eigenvalue weighted by Crippen LogP contribution is -2.39. The molecule has 1 aliphatic rings. The van der Waals surface area contributed by atoms with E-state index in [9.17, 15) is 13.2 Å². The summed E-state index contributed by atoms with van der Waals surface area (Å²) in [6, 6.07) is 21.3. The highest BCUT2D eigenvalue weighted by Crippen LogP contribution is 2.36. The lowest BCUT2D eigenvalue weighted by molar-refractivity contribution is 0.104. The molecule has 0 spiro atoms. The first kappa shape index (κ1) is 20.2. The van der Waals surface area contributed by atoms with E-state index in [1.165, 1.54) is 10.5 Å². The van der Waals surface area contributed by atoms with E-state index >= 15 is 0 Å². The molecule has 0 aliphatic carbocycles. The van der Waals surface area contributed by atoms with Crippen molar-refractivity contribution >= 4 is 38.8 Å². The predicted molar refractivity (Wildman–Crippen MR) is 120 cm³/mol. The molecule has 0 bridgehead atoms. The normalized spacial score (nSPS) is 16.4. The van der Waals surface area contributed by atoms with Gasteiger partial charge in [0.1, 0.15) is 0 Å². The van der Waals surface area contributed by atoms with E-state index in [4.69, 9.17) is 11.6 Å². The number of fused-ring (bicyclic) bond motifs is 1. The summed E-state index contributed by atoms with van der Waals surface area (Å²) in [6.07, 6.45) is 1.22. The molecule has 0 aromatic heterocycles. The molecule has 0 radical (unpaired) electrons. The smallest absolute Gasteiger partial charge is 0.270 e. The standard InChI is InChI=1S/C23H19ClN2O3S/c1-16-10-12-17(13-11-16)15-26-21-9-5-2-6-18(21)23(27)22(30(26,28)29)14-25-20-8-4-3-7-19(20)24/h2-14,25H,15H2,1H3. The van der Waals surface area contributed by atoms with Crippen molar-refractivity contribution in [2.45, 2.75) is 13.5 Å². The first-order valence-corrected chi connectivity index (χ1v) is 11.1. The fraction of sp³-hybridized carbons (Fsp3) is 0.0870. The fourth-order valence-electron chi connectivity index (χ4n) is 3.27. The molecule has 1 N–H and O–H groups in total. The molecular formula is C23H19ClN2O3S. The number of hydrogen-bond donors (Lipinski definition) is 1. The molecule has 0 saturated heterocycles. The number of hydrogen-bond acceptors (Lipinski definition) is 4. The fourth-order valence-corrected chi connectivity index (χ4v) is 4.99. The van der Waals surface area contributed by atoms with Gasteiger partial charge in [0.25, 0.3) is 10.0 Å². The van der Waals surface area contributed by atoms with E-state index in [2.05, 4.69) is 5.32 Å². The number of anilines is 2. The van der Waals surface area contributed by atoms with Crippen LogP contribution in [0.4, 0.5) is 11.4 Å². The van der Waals surface area contributed by atoms with E-state index in [-0.39, 0.29) is 11.4 Å². The minimum absolute atomic E-state index is 0.121. The number of sulfonamides is 1. The van der Waals surface area contributed by atoms with Gasteiger partial charge in [-0.15, -0.1) is 0 Å². The Morgan fingerprint density at radius 3 is 2.37 bits per heavy atom. The van der Waals surface area contributed by atoms with Crippen molar-refractivity contribution in [2.75, 3.05) is 9.62 Å². The van der Waals surface area contributed by atoms with Crippen LogP contribution in [0.1, 0.15) is 21.5 Å². The second kappa shape index (κ2) is 7.97. The number of nitrogens with zero attached hydrogens (tertiary/aromatic N) is 1. The highest BCUT2D eigenvalue weighted by molar-refractivity contribution is 7.97. The van der Waals surface area contributed by atoms with E-state index in [0.717, 1.165) is 11.1 Å².